The fraction of sp³-hybridized carbons (Fsp3) is 0. The van der Waals surface area contributed by atoms with E-state index in [4.69, 9.17) is 9.15 Å². The summed E-state index contributed by atoms with van der Waals surface area (Å²) in [5, 5.41) is 0.972. The smallest absolute Gasteiger partial charge is 0.173 e. The Balaban J connectivity index is 2.01. The number of fused-ring (bicyclic) bond motifs is 1. The van der Waals surface area contributed by atoms with Crippen LogP contribution < -0.4 is 4.74 Å². The zero-order chi connectivity index (χ0) is 10.8. The third-order valence-electron chi connectivity index (χ3n) is 2.35. The lowest BCUT2D eigenvalue weighted by Gasteiger charge is -2.01. The molecule has 0 aliphatic heterocycles. The fourth-order valence-electron chi connectivity index (χ4n) is 1.59. The Morgan fingerprint density at radius 3 is 2.75 bits per heavy atom. The second-order valence-electron chi connectivity index (χ2n) is 3.42. The van der Waals surface area contributed by atoms with Crippen molar-refractivity contribution >= 4 is 11.0 Å². The second kappa shape index (κ2) is 3.74. The largest absolute Gasteiger partial charge is 0.460 e. The summed E-state index contributed by atoms with van der Waals surface area (Å²) in [7, 11) is 0. The molecule has 0 saturated carbocycles. The maximum absolute atomic E-state index is 5.68. The van der Waals surface area contributed by atoms with Crippen LogP contribution in [0, 0.1) is 6.07 Å². The van der Waals surface area contributed by atoms with Crippen molar-refractivity contribution in [3.8, 4) is 11.5 Å². The molecule has 0 unspecified atom stereocenters. The van der Waals surface area contributed by atoms with E-state index in [1.807, 2.05) is 48.5 Å². The molecule has 0 amide bonds. The van der Waals surface area contributed by atoms with Gasteiger partial charge < -0.3 is 9.15 Å². The van der Waals surface area contributed by atoms with Crippen LogP contribution in [0.1, 0.15) is 0 Å². The van der Waals surface area contributed by atoms with Crippen molar-refractivity contribution in [1.82, 2.24) is 0 Å². The lowest BCUT2D eigenvalue weighted by molar-refractivity contribution is 0.471. The highest BCUT2D eigenvalue weighted by Crippen LogP contribution is 2.31. The van der Waals surface area contributed by atoms with E-state index in [0.29, 0.717) is 5.75 Å². The SMILES string of the molecule is [c]1ccccc1Oc1coc2ccccc12. The summed E-state index contributed by atoms with van der Waals surface area (Å²) >= 11 is 0. The Kier molecular flexibility index (Phi) is 2.11. The highest BCUT2D eigenvalue weighted by atomic mass is 16.5. The zero-order valence-corrected chi connectivity index (χ0v) is 8.51. The van der Waals surface area contributed by atoms with Crippen molar-refractivity contribution in [2.75, 3.05) is 0 Å². The quantitative estimate of drug-likeness (QED) is 0.635. The van der Waals surface area contributed by atoms with E-state index >= 15 is 0 Å². The van der Waals surface area contributed by atoms with Gasteiger partial charge in [0.15, 0.2) is 5.75 Å². The third kappa shape index (κ3) is 1.54. The van der Waals surface area contributed by atoms with E-state index in [2.05, 4.69) is 6.07 Å². The molecule has 77 valence electrons. The summed E-state index contributed by atoms with van der Waals surface area (Å²) in [6.07, 6.45) is 1.62. The molecule has 0 spiro atoms. The number of rotatable bonds is 2. The van der Waals surface area contributed by atoms with Crippen LogP contribution in [0.4, 0.5) is 0 Å². The topological polar surface area (TPSA) is 22.4 Å². The van der Waals surface area contributed by atoms with Gasteiger partial charge in [0.1, 0.15) is 17.6 Å². The van der Waals surface area contributed by atoms with Crippen LogP contribution >= 0.6 is 0 Å². The standard InChI is InChI=1S/C14H9O2/c1-2-6-11(7-3-1)16-14-10-15-13-9-5-4-8-12(13)14/h1-6,8-10H. The van der Waals surface area contributed by atoms with Gasteiger partial charge in [0.25, 0.3) is 0 Å². The Bertz CT molecular complexity index is 596. The summed E-state index contributed by atoms with van der Waals surface area (Å²) in [4.78, 5) is 0. The van der Waals surface area contributed by atoms with Gasteiger partial charge in [-0.05, 0) is 18.2 Å². The van der Waals surface area contributed by atoms with Crippen LogP contribution in [-0.2, 0) is 0 Å². The minimum atomic E-state index is 0.689. The zero-order valence-electron chi connectivity index (χ0n) is 8.51. The summed E-state index contributed by atoms with van der Waals surface area (Å²) in [5.74, 6) is 1.41. The Hall–Kier alpha value is -2.22. The number of hydrogen-bond acceptors (Lipinski definition) is 2. The van der Waals surface area contributed by atoms with Crippen LogP contribution in [0.5, 0.6) is 11.5 Å². The van der Waals surface area contributed by atoms with Crippen molar-refractivity contribution < 1.29 is 9.15 Å². The molecule has 1 aromatic heterocycles. The first-order valence-electron chi connectivity index (χ1n) is 5.04. The van der Waals surface area contributed by atoms with Gasteiger partial charge in [0.2, 0.25) is 0 Å². The van der Waals surface area contributed by atoms with Gasteiger partial charge in [-0.3, -0.25) is 0 Å². The predicted molar refractivity (Wildman–Crippen MR) is 61.6 cm³/mol. The molecule has 2 nitrogen and oxygen atoms in total. The molecule has 2 heteroatoms. The Morgan fingerprint density at radius 2 is 1.88 bits per heavy atom. The maximum atomic E-state index is 5.68. The lowest BCUT2D eigenvalue weighted by Crippen LogP contribution is -1.81. The Labute approximate surface area is 93.1 Å². The van der Waals surface area contributed by atoms with E-state index in [1.165, 1.54) is 0 Å². The van der Waals surface area contributed by atoms with E-state index in [-0.39, 0.29) is 0 Å². The van der Waals surface area contributed by atoms with Gasteiger partial charge in [-0.15, -0.1) is 0 Å². The minimum Gasteiger partial charge on any atom is -0.460 e. The van der Waals surface area contributed by atoms with Gasteiger partial charge in [-0.2, -0.15) is 0 Å². The van der Waals surface area contributed by atoms with Crippen molar-refractivity contribution in [1.29, 1.82) is 0 Å². The number of hydrogen-bond donors (Lipinski definition) is 0. The number of furan rings is 1. The molecule has 0 bridgehead atoms. The van der Waals surface area contributed by atoms with Crippen LogP contribution in [0.2, 0.25) is 0 Å². The molecule has 1 radical (unpaired) electrons. The molecule has 0 aliphatic carbocycles. The lowest BCUT2D eigenvalue weighted by atomic mass is 10.2. The van der Waals surface area contributed by atoms with E-state index < -0.39 is 0 Å². The normalized spacial score (nSPS) is 10.5. The molecule has 0 atom stereocenters. The van der Waals surface area contributed by atoms with Crippen molar-refractivity contribution in [2.45, 2.75) is 0 Å². The Morgan fingerprint density at radius 1 is 1.00 bits per heavy atom. The van der Waals surface area contributed by atoms with Crippen LogP contribution in [0.15, 0.2) is 59.2 Å². The van der Waals surface area contributed by atoms with Crippen molar-refractivity contribution in [3.63, 3.8) is 0 Å². The van der Waals surface area contributed by atoms with Gasteiger partial charge in [0.05, 0.1) is 5.39 Å². The number of para-hydroxylation sites is 2. The number of ether oxygens (including phenoxy) is 1. The first-order valence-corrected chi connectivity index (χ1v) is 5.04. The third-order valence-corrected chi connectivity index (χ3v) is 2.35. The average molecular weight is 209 g/mol. The van der Waals surface area contributed by atoms with E-state index in [0.717, 1.165) is 16.7 Å². The van der Waals surface area contributed by atoms with E-state index in [1.54, 1.807) is 6.26 Å². The molecule has 0 N–H and O–H groups in total. The minimum absolute atomic E-state index is 0.689. The predicted octanol–water partition coefficient (Wildman–Crippen LogP) is 4.03. The molecule has 1 heterocycles. The van der Waals surface area contributed by atoms with Gasteiger partial charge in [-0.25, -0.2) is 0 Å². The van der Waals surface area contributed by atoms with E-state index in [9.17, 15) is 0 Å². The van der Waals surface area contributed by atoms with Gasteiger partial charge in [0, 0.05) is 6.07 Å². The van der Waals surface area contributed by atoms with Crippen LogP contribution in [-0.4, -0.2) is 0 Å². The highest BCUT2D eigenvalue weighted by molar-refractivity contribution is 5.84. The van der Waals surface area contributed by atoms with Crippen molar-refractivity contribution in [3.05, 3.63) is 60.9 Å². The summed E-state index contributed by atoms with van der Waals surface area (Å²) in [6, 6.07) is 18.3. The van der Waals surface area contributed by atoms with Gasteiger partial charge >= 0.3 is 0 Å². The monoisotopic (exact) mass is 209 g/mol. The molecular weight excluding hydrogens is 200 g/mol. The first-order chi connectivity index (χ1) is 7.93. The summed E-state index contributed by atoms with van der Waals surface area (Å²) in [6.45, 7) is 0. The molecule has 0 aliphatic rings. The second-order valence-corrected chi connectivity index (χ2v) is 3.42. The molecule has 16 heavy (non-hydrogen) atoms. The molecule has 3 rings (SSSR count). The van der Waals surface area contributed by atoms with Crippen LogP contribution in [0.3, 0.4) is 0 Å². The van der Waals surface area contributed by atoms with Crippen LogP contribution in [0.25, 0.3) is 11.0 Å². The van der Waals surface area contributed by atoms with Crippen molar-refractivity contribution in [2.24, 2.45) is 0 Å². The summed E-state index contributed by atoms with van der Waals surface area (Å²) in [5.41, 5.74) is 0.827. The fourth-order valence-corrected chi connectivity index (χ4v) is 1.59. The molecule has 0 saturated heterocycles. The molecule has 3 aromatic rings. The first kappa shape index (κ1) is 9.04. The molecular formula is C14H9O2. The maximum Gasteiger partial charge on any atom is 0.173 e. The highest BCUT2D eigenvalue weighted by Gasteiger charge is 2.06. The average Bonchev–Trinajstić information content (AvgIpc) is 2.74. The molecule has 0 fully saturated rings. The summed E-state index contributed by atoms with van der Waals surface area (Å²) < 4.78 is 11.1. The number of benzene rings is 2. The van der Waals surface area contributed by atoms with Gasteiger partial charge in [-0.1, -0.05) is 30.3 Å². The molecule has 2 aromatic carbocycles.